The number of piperidine rings is 1. The van der Waals surface area contributed by atoms with Crippen molar-refractivity contribution in [2.75, 3.05) is 20.1 Å². The van der Waals surface area contributed by atoms with E-state index in [9.17, 15) is 4.79 Å². The van der Waals surface area contributed by atoms with E-state index in [1.54, 1.807) is 0 Å². The monoisotopic (exact) mass is 186 g/mol. The van der Waals surface area contributed by atoms with Gasteiger partial charge >= 0.3 is 5.97 Å². The largest absolute Gasteiger partial charge is 0.480 e. The van der Waals surface area contributed by atoms with Crippen molar-refractivity contribution in [2.24, 2.45) is 11.7 Å². The maximum Gasteiger partial charge on any atom is 0.320 e. The first-order valence-corrected chi connectivity index (χ1v) is 4.76. The molecule has 0 aromatic carbocycles. The fourth-order valence-electron chi connectivity index (χ4n) is 1.76. The number of hydrogen-bond donors (Lipinski definition) is 2. The van der Waals surface area contributed by atoms with Crippen molar-refractivity contribution in [2.45, 2.75) is 25.3 Å². The fraction of sp³-hybridized carbons (Fsp3) is 0.889. The van der Waals surface area contributed by atoms with E-state index in [2.05, 4.69) is 11.9 Å². The molecule has 1 saturated heterocycles. The van der Waals surface area contributed by atoms with E-state index in [-0.39, 0.29) is 0 Å². The zero-order valence-electron chi connectivity index (χ0n) is 8.07. The fourth-order valence-corrected chi connectivity index (χ4v) is 1.76. The number of carboxylic acid groups (broad SMARTS) is 1. The quantitative estimate of drug-likeness (QED) is 0.657. The van der Waals surface area contributed by atoms with Gasteiger partial charge in [0.1, 0.15) is 6.04 Å². The topological polar surface area (TPSA) is 66.6 Å². The van der Waals surface area contributed by atoms with Crippen LogP contribution in [0.5, 0.6) is 0 Å². The number of carboxylic acids is 1. The van der Waals surface area contributed by atoms with Gasteiger partial charge in [0, 0.05) is 0 Å². The van der Waals surface area contributed by atoms with Gasteiger partial charge in [0.25, 0.3) is 0 Å². The highest BCUT2D eigenvalue weighted by Crippen LogP contribution is 2.20. The zero-order valence-corrected chi connectivity index (χ0v) is 8.07. The maximum absolute atomic E-state index is 10.5. The first-order chi connectivity index (χ1) is 6.09. The number of carbonyl (C=O) groups is 1. The molecular weight excluding hydrogens is 168 g/mol. The Morgan fingerprint density at radius 3 is 2.62 bits per heavy atom. The number of nitrogens with two attached hydrogens (primary N) is 1. The van der Waals surface area contributed by atoms with Gasteiger partial charge in [0.05, 0.1) is 0 Å². The predicted octanol–water partition coefficient (Wildman–Crippen LogP) is 0.130. The van der Waals surface area contributed by atoms with Gasteiger partial charge < -0.3 is 15.7 Å². The number of nitrogens with zero attached hydrogens (tertiary/aromatic N) is 1. The van der Waals surface area contributed by atoms with Gasteiger partial charge in [-0.1, -0.05) is 0 Å². The Labute approximate surface area is 78.7 Å². The predicted molar refractivity (Wildman–Crippen MR) is 50.4 cm³/mol. The molecule has 4 heteroatoms. The lowest BCUT2D eigenvalue weighted by molar-refractivity contribution is -0.139. The lowest BCUT2D eigenvalue weighted by Crippen LogP contribution is -2.36. The minimum absolute atomic E-state index is 0.502. The summed E-state index contributed by atoms with van der Waals surface area (Å²) in [7, 11) is 2.09. The second-order valence-corrected chi connectivity index (χ2v) is 3.93. The Kier molecular flexibility index (Phi) is 3.69. The molecule has 0 aliphatic carbocycles. The average Bonchev–Trinajstić information content (AvgIpc) is 2.08. The van der Waals surface area contributed by atoms with Crippen molar-refractivity contribution in [3.05, 3.63) is 0 Å². The third-order valence-electron chi connectivity index (χ3n) is 2.74. The van der Waals surface area contributed by atoms with E-state index in [1.807, 2.05) is 0 Å². The molecule has 0 saturated carbocycles. The van der Waals surface area contributed by atoms with E-state index < -0.39 is 12.0 Å². The van der Waals surface area contributed by atoms with Crippen molar-refractivity contribution in [3.63, 3.8) is 0 Å². The van der Waals surface area contributed by atoms with Gasteiger partial charge in [-0.2, -0.15) is 0 Å². The summed E-state index contributed by atoms with van der Waals surface area (Å²) in [5, 5.41) is 8.63. The molecule has 0 bridgehead atoms. The number of aliphatic carboxylic acids is 1. The first-order valence-electron chi connectivity index (χ1n) is 4.76. The van der Waals surface area contributed by atoms with E-state index in [0.29, 0.717) is 12.3 Å². The first kappa shape index (κ1) is 10.5. The summed E-state index contributed by atoms with van der Waals surface area (Å²) in [6.07, 6.45) is 2.79. The summed E-state index contributed by atoms with van der Waals surface area (Å²) >= 11 is 0. The van der Waals surface area contributed by atoms with Crippen LogP contribution in [0.25, 0.3) is 0 Å². The van der Waals surface area contributed by atoms with Gasteiger partial charge in [0.2, 0.25) is 0 Å². The van der Waals surface area contributed by atoms with Crippen LogP contribution < -0.4 is 5.73 Å². The van der Waals surface area contributed by atoms with Crippen LogP contribution in [0.2, 0.25) is 0 Å². The summed E-state index contributed by atoms with van der Waals surface area (Å²) in [4.78, 5) is 12.8. The van der Waals surface area contributed by atoms with Crippen molar-refractivity contribution in [1.82, 2.24) is 4.90 Å². The van der Waals surface area contributed by atoms with Crippen LogP contribution in [-0.2, 0) is 4.79 Å². The summed E-state index contributed by atoms with van der Waals surface area (Å²) in [5.74, 6) is -0.374. The van der Waals surface area contributed by atoms with Gasteiger partial charge in [-0.05, 0) is 45.3 Å². The Balaban J connectivity index is 2.26. The second-order valence-electron chi connectivity index (χ2n) is 3.93. The molecule has 1 aliphatic rings. The molecule has 1 heterocycles. The van der Waals surface area contributed by atoms with E-state index in [4.69, 9.17) is 10.8 Å². The summed E-state index contributed by atoms with van der Waals surface area (Å²) < 4.78 is 0. The Morgan fingerprint density at radius 1 is 1.62 bits per heavy atom. The minimum Gasteiger partial charge on any atom is -0.480 e. The maximum atomic E-state index is 10.5. The molecule has 0 unspecified atom stereocenters. The average molecular weight is 186 g/mol. The van der Waals surface area contributed by atoms with Crippen LogP contribution in [0, 0.1) is 5.92 Å². The molecule has 0 spiro atoms. The normalized spacial score (nSPS) is 22.9. The minimum atomic E-state index is -0.876. The Bertz CT molecular complexity index is 176. The third-order valence-corrected chi connectivity index (χ3v) is 2.74. The lowest BCUT2D eigenvalue weighted by Gasteiger charge is -2.29. The highest BCUT2D eigenvalue weighted by Gasteiger charge is 2.21. The molecule has 76 valence electrons. The van der Waals surface area contributed by atoms with E-state index >= 15 is 0 Å². The molecular formula is C9H18N2O2. The van der Waals surface area contributed by atoms with Crippen LogP contribution >= 0.6 is 0 Å². The number of rotatable bonds is 3. The molecule has 1 rings (SSSR count). The van der Waals surface area contributed by atoms with Gasteiger partial charge in [-0.25, -0.2) is 0 Å². The van der Waals surface area contributed by atoms with Gasteiger partial charge in [-0.15, -0.1) is 0 Å². The zero-order chi connectivity index (χ0) is 9.84. The molecule has 0 amide bonds. The van der Waals surface area contributed by atoms with Crippen molar-refractivity contribution >= 4 is 5.97 Å². The molecule has 0 radical (unpaired) electrons. The standard InChI is InChI=1S/C9H18N2O2/c1-11-4-2-7(3-5-11)6-8(10)9(12)13/h7-8H,2-6,10H2,1H3,(H,12,13)/t8-/m1/s1. The molecule has 1 aliphatic heterocycles. The molecule has 4 nitrogen and oxygen atoms in total. The smallest absolute Gasteiger partial charge is 0.320 e. The molecule has 0 aromatic rings. The third kappa shape index (κ3) is 3.32. The van der Waals surface area contributed by atoms with Crippen LogP contribution in [0.1, 0.15) is 19.3 Å². The Morgan fingerprint density at radius 2 is 2.15 bits per heavy atom. The van der Waals surface area contributed by atoms with Crippen molar-refractivity contribution in [1.29, 1.82) is 0 Å². The van der Waals surface area contributed by atoms with Crippen LogP contribution in [0.15, 0.2) is 0 Å². The summed E-state index contributed by atoms with van der Waals surface area (Å²) in [6, 6.07) is -0.673. The van der Waals surface area contributed by atoms with Crippen LogP contribution in [0.4, 0.5) is 0 Å². The van der Waals surface area contributed by atoms with Crippen LogP contribution in [0.3, 0.4) is 0 Å². The van der Waals surface area contributed by atoms with E-state index in [0.717, 1.165) is 25.9 Å². The highest BCUT2D eigenvalue weighted by molar-refractivity contribution is 5.73. The molecule has 1 atom stereocenters. The van der Waals surface area contributed by atoms with Crippen molar-refractivity contribution in [3.8, 4) is 0 Å². The number of hydrogen-bond acceptors (Lipinski definition) is 3. The van der Waals surface area contributed by atoms with E-state index in [1.165, 1.54) is 0 Å². The van der Waals surface area contributed by atoms with Crippen LogP contribution in [-0.4, -0.2) is 42.2 Å². The molecule has 0 aromatic heterocycles. The summed E-state index contributed by atoms with van der Waals surface area (Å²) in [5.41, 5.74) is 5.47. The molecule has 13 heavy (non-hydrogen) atoms. The molecule has 1 fully saturated rings. The Hall–Kier alpha value is -0.610. The lowest BCUT2D eigenvalue weighted by atomic mass is 9.91. The molecule has 3 N–H and O–H groups in total. The number of likely N-dealkylation sites (tertiary alicyclic amines) is 1. The van der Waals surface area contributed by atoms with Gasteiger partial charge in [0.15, 0.2) is 0 Å². The summed E-state index contributed by atoms with van der Waals surface area (Å²) in [6.45, 7) is 2.13. The second kappa shape index (κ2) is 4.58. The highest BCUT2D eigenvalue weighted by atomic mass is 16.4. The van der Waals surface area contributed by atoms with Gasteiger partial charge in [-0.3, -0.25) is 4.79 Å². The SMILES string of the molecule is CN1CCC(C[C@@H](N)C(=O)O)CC1. The van der Waals surface area contributed by atoms with Crippen molar-refractivity contribution < 1.29 is 9.90 Å².